The third-order valence-electron chi connectivity index (χ3n) is 1.66. The zero-order chi connectivity index (χ0) is 11.8. The minimum atomic E-state index is 0.202. The van der Waals surface area contributed by atoms with Crippen molar-refractivity contribution < 1.29 is 4.79 Å². The fraction of sp³-hybridized carbons (Fsp3) is 0. The van der Waals surface area contributed by atoms with Crippen LogP contribution in [0.2, 0.25) is 0 Å². The smallest absolute Gasteiger partial charge is 0.167 e. The zero-order valence-corrected chi connectivity index (χ0v) is 9.25. The molecule has 1 aromatic carbocycles. The number of allylic oxidation sites excluding steroid dienone is 1. The van der Waals surface area contributed by atoms with Crippen molar-refractivity contribution in [3.63, 3.8) is 0 Å². The third-order valence-corrected chi connectivity index (χ3v) is 1.77. The van der Waals surface area contributed by atoms with Gasteiger partial charge < -0.3 is 11.1 Å². The Morgan fingerprint density at radius 1 is 1.38 bits per heavy atom. The lowest BCUT2D eigenvalue weighted by atomic mass is 10.1. The van der Waals surface area contributed by atoms with E-state index in [0.717, 1.165) is 11.8 Å². The molecule has 0 saturated carbocycles. The van der Waals surface area contributed by atoms with Crippen molar-refractivity contribution in [2.45, 2.75) is 0 Å². The largest absolute Gasteiger partial charge is 0.376 e. The highest BCUT2D eigenvalue weighted by Crippen LogP contribution is 2.00. The van der Waals surface area contributed by atoms with Crippen LogP contribution in [0.1, 0.15) is 15.9 Å². The Balaban J connectivity index is 2.59. The minimum absolute atomic E-state index is 0.202. The van der Waals surface area contributed by atoms with Crippen molar-refractivity contribution >= 4 is 23.6 Å². The number of carbonyl (C=O) groups is 1. The molecule has 0 heterocycles. The maximum absolute atomic E-state index is 10.4. The molecule has 80 valence electrons. The van der Waals surface area contributed by atoms with Crippen molar-refractivity contribution in [3.05, 3.63) is 47.7 Å². The minimum Gasteiger partial charge on any atom is -0.376 e. The first-order chi connectivity index (χ1) is 7.72. The van der Waals surface area contributed by atoms with Crippen molar-refractivity contribution in [1.29, 1.82) is 0 Å². The van der Waals surface area contributed by atoms with E-state index in [4.69, 9.17) is 5.73 Å². The molecule has 0 aromatic heterocycles. The molecule has 0 bridgehead atoms. The standard InChI is InChI=1S/C12H10N2OS/c13-12(16)14-8-2-1-3-10-4-6-11(9-15)7-5-10/h2,4-9H,(H3,13,14,16)/b8-2+. The lowest BCUT2D eigenvalue weighted by Crippen LogP contribution is -2.23. The predicted molar refractivity (Wildman–Crippen MR) is 67.8 cm³/mol. The highest BCUT2D eigenvalue weighted by atomic mass is 32.1. The molecule has 0 aliphatic rings. The topological polar surface area (TPSA) is 55.1 Å². The maximum Gasteiger partial charge on any atom is 0.167 e. The van der Waals surface area contributed by atoms with Gasteiger partial charge in [0.2, 0.25) is 0 Å². The van der Waals surface area contributed by atoms with E-state index in [1.807, 2.05) is 0 Å². The van der Waals surface area contributed by atoms with Gasteiger partial charge in [0.15, 0.2) is 5.11 Å². The van der Waals surface area contributed by atoms with Crippen molar-refractivity contribution in [1.82, 2.24) is 5.32 Å². The van der Waals surface area contributed by atoms with Crippen LogP contribution < -0.4 is 11.1 Å². The van der Waals surface area contributed by atoms with Crippen LogP contribution in [0.3, 0.4) is 0 Å². The SMILES string of the molecule is NC(=S)N/C=C/C#Cc1ccc(C=O)cc1. The van der Waals surface area contributed by atoms with E-state index in [1.54, 1.807) is 36.5 Å². The first-order valence-electron chi connectivity index (χ1n) is 4.50. The number of hydrogen-bond donors (Lipinski definition) is 2. The first kappa shape index (κ1) is 12.0. The molecule has 16 heavy (non-hydrogen) atoms. The second-order valence-corrected chi connectivity index (χ2v) is 3.29. The van der Waals surface area contributed by atoms with Crippen LogP contribution in [0.5, 0.6) is 0 Å². The summed E-state index contributed by atoms with van der Waals surface area (Å²) in [6.07, 6.45) is 3.96. The maximum atomic E-state index is 10.4. The molecule has 0 saturated heterocycles. The van der Waals surface area contributed by atoms with Gasteiger partial charge in [0.05, 0.1) is 0 Å². The number of aldehydes is 1. The number of nitrogens with one attached hydrogen (secondary N) is 1. The predicted octanol–water partition coefficient (Wildman–Crippen LogP) is 1.20. The van der Waals surface area contributed by atoms with E-state index in [1.165, 1.54) is 0 Å². The Hall–Kier alpha value is -2.12. The third kappa shape index (κ3) is 4.40. The molecule has 0 aliphatic carbocycles. The van der Waals surface area contributed by atoms with Crippen LogP contribution >= 0.6 is 12.2 Å². The van der Waals surface area contributed by atoms with Crippen molar-refractivity contribution in [2.75, 3.05) is 0 Å². The molecule has 0 aliphatic heterocycles. The molecule has 0 atom stereocenters. The summed E-state index contributed by atoms with van der Waals surface area (Å²) in [4.78, 5) is 10.4. The van der Waals surface area contributed by atoms with Crippen LogP contribution in [0, 0.1) is 11.8 Å². The molecule has 3 nitrogen and oxygen atoms in total. The van der Waals surface area contributed by atoms with Gasteiger partial charge in [-0.15, -0.1) is 0 Å². The van der Waals surface area contributed by atoms with Gasteiger partial charge in [-0.3, -0.25) is 4.79 Å². The van der Waals surface area contributed by atoms with Crippen LogP contribution in [-0.2, 0) is 0 Å². The van der Waals surface area contributed by atoms with E-state index < -0.39 is 0 Å². The quantitative estimate of drug-likeness (QED) is 0.455. The van der Waals surface area contributed by atoms with Gasteiger partial charge in [-0.25, -0.2) is 0 Å². The summed E-state index contributed by atoms with van der Waals surface area (Å²) < 4.78 is 0. The summed E-state index contributed by atoms with van der Waals surface area (Å²) >= 11 is 4.60. The Kier molecular flexibility index (Phi) is 4.77. The van der Waals surface area contributed by atoms with Crippen LogP contribution in [-0.4, -0.2) is 11.4 Å². The van der Waals surface area contributed by atoms with Gasteiger partial charge in [-0.1, -0.05) is 24.0 Å². The van der Waals surface area contributed by atoms with Gasteiger partial charge in [0.25, 0.3) is 0 Å². The molecule has 3 N–H and O–H groups in total. The van der Waals surface area contributed by atoms with E-state index in [0.29, 0.717) is 5.56 Å². The lowest BCUT2D eigenvalue weighted by molar-refractivity contribution is 0.112. The van der Waals surface area contributed by atoms with Gasteiger partial charge >= 0.3 is 0 Å². The summed E-state index contributed by atoms with van der Waals surface area (Å²) in [5.41, 5.74) is 6.68. The Bertz CT molecular complexity index is 466. The highest BCUT2D eigenvalue weighted by molar-refractivity contribution is 7.80. The van der Waals surface area contributed by atoms with E-state index in [2.05, 4.69) is 29.4 Å². The fourth-order valence-electron chi connectivity index (χ4n) is 0.935. The summed E-state index contributed by atoms with van der Waals surface area (Å²) in [7, 11) is 0. The molecule has 1 aromatic rings. The monoisotopic (exact) mass is 230 g/mol. The summed E-state index contributed by atoms with van der Waals surface area (Å²) in [6, 6.07) is 7.00. The molecule has 0 amide bonds. The lowest BCUT2D eigenvalue weighted by Gasteiger charge is -1.91. The highest BCUT2D eigenvalue weighted by Gasteiger charge is 1.88. The number of carbonyl (C=O) groups excluding carboxylic acids is 1. The molecular formula is C12H10N2OS. The van der Waals surface area contributed by atoms with Gasteiger partial charge in [0, 0.05) is 23.4 Å². The molecule has 0 fully saturated rings. The normalized spacial score (nSPS) is 9.25. The zero-order valence-electron chi connectivity index (χ0n) is 8.44. The molecule has 0 radical (unpaired) electrons. The number of benzene rings is 1. The second-order valence-electron chi connectivity index (χ2n) is 2.85. The van der Waals surface area contributed by atoms with E-state index in [-0.39, 0.29) is 5.11 Å². The van der Waals surface area contributed by atoms with E-state index in [9.17, 15) is 4.79 Å². The number of nitrogens with two attached hydrogens (primary N) is 1. The Morgan fingerprint density at radius 3 is 2.62 bits per heavy atom. The van der Waals surface area contributed by atoms with Crippen LogP contribution in [0.15, 0.2) is 36.5 Å². The number of thiocarbonyl (C=S) groups is 1. The summed E-state index contributed by atoms with van der Waals surface area (Å²) in [6.45, 7) is 0. The van der Waals surface area contributed by atoms with Crippen LogP contribution in [0.4, 0.5) is 0 Å². The first-order valence-corrected chi connectivity index (χ1v) is 4.91. The Morgan fingerprint density at radius 2 is 2.06 bits per heavy atom. The van der Waals surface area contributed by atoms with Crippen LogP contribution in [0.25, 0.3) is 0 Å². The average Bonchev–Trinajstić information content (AvgIpc) is 2.29. The van der Waals surface area contributed by atoms with Crippen molar-refractivity contribution in [3.8, 4) is 11.8 Å². The summed E-state index contributed by atoms with van der Waals surface area (Å²) in [5.74, 6) is 5.69. The Labute approximate surface area is 99.3 Å². The summed E-state index contributed by atoms with van der Waals surface area (Å²) in [5, 5.41) is 2.83. The number of rotatable bonds is 2. The molecule has 1 rings (SSSR count). The van der Waals surface area contributed by atoms with Gasteiger partial charge in [0.1, 0.15) is 6.29 Å². The van der Waals surface area contributed by atoms with Gasteiger partial charge in [-0.05, 0) is 24.4 Å². The molecular weight excluding hydrogens is 220 g/mol. The van der Waals surface area contributed by atoms with Gasteiger partial charge in [-0.2, -0.15) is 0 Å². The number of hydrogen-bond acceptors (Lipinski definition) is 2. The molecule has 0 unspecified atom stereocenters. The second kappa shape index (κ2) is 6.38. The molecule has 4 heteroatoms. The fourth-order valence-corrected chi connectivity index (χ4v) is 1.00. The molecule has 0 spiro atoms. The van der Waals surface area contributed by atoms with Crippen molar-refractivity contribution in [2.24, 2.45) is 5.73 Å². The van der Waals surface area contributed by atoms with E-state index >= 15 is 0 Å². The average molecular weight is 230 g/mol.